The monoisotopic (exact) mass is 339 g/mol. The fourth-order valence-electron chi connectivity index (χ4n) is 3.36. The Hall–Kier alpha value is -2.67. The zero-order chi connectivity index (χ0) is 17.2. The van der Waals surface area contributed by atoms with Crippen LogP contribution in [0, 0.1) is 6.92 Å². The first-order valence-corrected chi connectivity index (χ1v) is 8.43. The molecule has 7 heteroatoms. The first-order chi connectivity index (χ1) is 12.2. The summed E-state index contributed by atoms with van der Waals surface area (Å²) in [5, 5.41) is 8.39. The number of hydrogen-bond donors (Lipinski definition) is 0. The number of hydrogen-bond acceptors (Lipinski definition) is 6. The van der Waals surface area contributed by atoms with Crippen molar-refractivity contribution in [1.82, 2.24) is 24.8 Å². The van der Waals surface area contributed by atoms with Crippen LogP contribution in [-0.2, 0) is 6.54 Å². The molecular formula is C18H21N5O2. The second-order valence-corrected chi connectivity index (χ2v) is 6.31. The van der Waals surface area contributed by atoms with Crippen molar-refractivity contribution in [2.75, 3.05) is 20.2 Å². The summed E-state index contributed by atoms with van der Waals surface area (Å²) >= 11 is 0. The number of benzene rings is 1. The highest BCUT2D eigenvalue weighted by Crippen LogP contribution is 2.28. The molecule has 4 rings (SSSR count). The molecule has 0 radical (unpaired) electrons. The molecule has 0 aliphatic carbocycles. The maximum Gasteiger partial charge on any atom is 0.231 e. The molecule has 0 spiro atoms. The van der Waals surface area contributed by atoms with Crippen molar-refractivity contribution in [1.29, 1.82) is 0 Å². The molecule has 1 aliphatic rings. The van der Waals surface area contributed by atoms with Crippen LogP contribution in [0.5, 0.6) is 5.75 Å². The van der Waals surface area contributed by atoms with Gasteiger partial charge in [-0.2, -0.15) is 10.1 Å². The number of rotatable bonds is 5. The lowest BCUT2D eigenvalue weighted by Crippen LogP contribution is -2.21. The van der Waals surface area contributed by atoms with Crippen LogP contribution in [0.2, 0.25) is 0 Å². The molecule has 130 valence electrons. The maximum absolute atomic E-state index is 5.47. The molecule has 1 aromatic carbocycles. The Morgan fingerprint density at radius 1 is 1.28 bits per heavy atom. The van der Waals surface area contributed by atoms with Crippen LogP contribution in [0.3, 0.4) is 0 Å². The molecule has 1 fully saturated rings. The molecule has 25 heavy (non-hydrogen) atoms. The Balaban J connectivity index is 1.50. The van der Waals surface area contributed by atoms with Crippen molar-refractivity contribution >= 4 is 0 Å². The lowest BCUT2D eigenvalue weighted by Gasteiger charge is -2.17. The number of likely N-dealkylation sites (tertiary alicyclic amines) is 1. The van der Waals surface area contributed by atoms with Crippen LogP contribution < -0.4 is 4.74 Å². The minimum atomic E-state index is 0.309. The first kappa shape index (κ1) is 15.8. The molecule has 7 nitrogen and oxygen atoms in total. The van der Waals surface area contributed by atoms with E-state index in [-0.39, 0.29) is 0 Å². The van der Waals surface area contributed by atoms with Gasteiger partial charge in [-0.3, -0.25) is 4.90 Å². The summed E-state index contributed by atoms with van der Waals surface area (Å²) in [5.74, 6) is 2.57. The smallest absolute Gasteiger partial charge is 0.231 e. The van der Waals surface area contributed by atoms with E-state index in [4.69, 9.17) is 9.26 Å². The lowest BCUT2D eigenvalue weighted by atomic mass is 10.1. The van der Waals surface area contributed by atoms with Crippen molar-refractivity contribution in [2.45, 2.75) is 25.8 Å². The number of methoxy groups -OCH3 is 1. The van der Waals surface area contributed by atoms with Crippen LogP contribution in [0.4, 0.5) is 0 Å². The van der Waals surface area contributed by atoms with E-state index in [2.05, 4.69) is 26.2 Å². The number of nitrogens with zero attached hydrogens (tertiary/aromatic N) is 5. The highest BCUT2D eigenvalue weighted by molar-refractivity contribution is 5.46. The van der Waals surface area contributed by atoms with Gasteiger partial charge in [-0.1, -0.05) is 17.3 Å². The summed E-state index contributed by atoms with van der Waals surface area (Å²) in [7, 11) is 1.68. The third-order valence-electron chi connectivity index (χ3n) is 4.58. The van der Waals surface area contributed by atoms with Gasteiger partial charge in [-0.15, -0.1) is 0 Å². The van der Waals surface area contributed by atoms with Gasteiger partial charge in [0.2, 0.25) is 5.89 Å². The van der Waals surface area contributed by atoms with Crippen LogP contribution >= 0.6 is 0 Å². The Morgan fingerprint density at radius 2 is 2.16 bits per heavy atom. The molecule has 0 saturated carbocycles. The lowest BCUT2D eigenvalue weighted by molar-refractivity contribution is 0.303. The van der Waals surface area contributed by atoms with Gasteiger partial charge >= 0.3 is 0 Å². The molecular weight excluding hydrogens is 318 g/mol. The third-order valence-corrected chi connectivity index (χ3v) is 4.58. The molecule has 3 heterocycles. The van der Waals surface area contributed by atoms with Gasteiger partial charge in [-0.05, 0) is 38.1 Å². The van der Waals surface area contributed by atoms with Gasteiger partial charge in [0, 0.05) is 19.3 Å². The number of para-hydroxylation sites is 2. The zero-order valence-electron chi connectivity index (χ0n) is 14.4. The van der Waals surface area contributed by atoms with E-state index in [0.717, 1.165) is 49.1 Å². The van der Waals surface area contributed by atoms with Gasteiger partial charge in [-0.25, -0.2) is 4.68 Å². The number of aromatic nitrogens is 4. The predicted molar refractivity (Wildman–Crippen MR) is 91.8 cm³/mol. The maximum atomic E-state index is 5.47. The van der Waals surface area contributed by atoms with E-state index >= 15 is 0 Å². The molecule has 1 saturated heterocycles. The fourth-order valence-corrected chi connectivity index (χ4v) is 3.36. The minimum absolute atomic E-state index is 0.309. The molecule has 1 atom stereocenters. The average Bonchev–Trinajstić information content (AvgIpc) is 3.36. The Labute approximate surface area is 146 Å². The molecule has 0 N–H and O–H groups in total. The summed E-state index contributed by atoms with van der Waals surface area (Å²) in [6.07, 6.45) is 2.86. The molecule has 1 unspecified atom stereocenters. The number of ether oxygens (including phenoxy) is 1. The van der Waals surface area contributed by atoms with Crippen molar-refractivity contribution in [3.05, 3.63) is 53.9 Å². The quantitative estimate of drug-likeness (QED) is 0.711. The normalized spacial score (nSPS) is 17.9. The largest absolute Gasteiger partial charge is 0.494 e. The fraction of sp³-hybridized carbons (Fsp3) is 0.389. The average molecular weight is 339 g/mol. The predicted octanol–water partition coefficient (Wildman–Crippen LogP) is 2.56. The summed E-state index contributed by atoms with van der Waals surface area (Å²) in [5.41, 5.74) is 2.08. The van der Waals surface area contributed by atoms with Crippen molar-refractivity contribution in [3.63, 3.8) is 0 Å². The van der Waals surface area contributed by atoms with Crippen molar-refractivity contribution in [3.8, 4) is 11.4 Å². The molecule has 2 aromatic heterocycles. The van der Waals surface area contributed by atoms with Gasteiger partial charge in [0.15, 0.2) is 5.82 Å². The Bertz CT molecular complexity index is 857. The third kappa shape index (κ3) is 3.15. The van der Waals surface area contributed by atoms with E-state index in [9.17, 15) is 0 Å². The van der Waals surface area contributed by atoms with E-state index < -0.39 is 0 Å². The minimum Gasteiger partial charge on any atom is -0.494 e. The standard InChI is InChI=1S/C18H21N5O2/c1-13-20-18(25-21-13)14-8-10-22(11-14)12-15-7-9-19-23(15)16-5-3-4-6-17(16)24-2/h3-7,9,14H,8,10-12H2,1-2H3. The van der Waals surface area contributed by atoms with E-state index in [0.29, 0.717) is 11.7 Å². The number of aryl methyl sites for hydroxylation is 1. The summed E-state index contributed by atoms with van der Waals surface area (Å²) in [4.78, 5) is 6.77. The van der Waals surface area contributed by atoms with Crippen LogP contribution in [0.25, 0.3) is 5.69 Å². The molecule has 3 aromatic rings. The highest BCUT2D eigenvalue weighted by atomic mass is 16.5. The van der Waals surface area contributed by atoms with Crippen molar-refractivity contribution < 1.29 is 9.26 Å². The van der Waals surface area contributed by atoms with Gasteiger partial charge in [0.1, 0.15) is 11.4 Å². The Kier molecular flexibility index (Phi) is 4.23. The van der Waals surface area contributed by atoms with Gasteiger partial charge in [0.05, 0.1) is 18.7 Å². The van der Waals surface area contributed by atoms with Crippen LogP contribution in [0.15, 0.2) is 41.1 Å². The SMILES string of the molecule is COc1ccccc1-n1nccc1CN1CCC(c2nc(C)no2)C1. The topological polar surface area (TPSA) is 69.2 Å². The first-order valence-electron chi connectivity index (χ1n) is 8.43. The van der Waals surface area contributed by atoms with Crippen LogP contribution in [0.1, 0.15) is 29.7 Å². The zero-order valence-corrected chi connectivity index (χ0v) is 14.4. The second kappa shape index (κ2) is 6.68. The summed E-state index contributed by atoms with van der Waals surface area (Å²) < 4.78 is 12.7. The van der Waals surface area contributed by atoms with Crippen LogP contribution in [-0.4, -0.2) is 45.0 Å². The molecule has 1 aliphatic heterocycles. The summed E-state index contributed by atoms with van der Waals surface area (Å²) in [6.45, 7) is 4.59. The molecule has 0 bridgehead atoms. The van der Waals surface area contributed by atoms with Crippen molar-refractivity contribution in [2.24, 2.45) is 0 Å². The van der Waals surface area contributed by atoms with E-state index in [1.54, 1.807) is 7.11 Å². The van der Waals surface area contributed by atoms with E-state index in [1.165, 1.54) is 0 Å². The van der Waals surface area contributed by atoms with E-state index in [1.807, 2.05) is 42.1 Å². The van der Waals surface area contributed by atoms with Gasteiger partial charge in [0.25, 0.3) is 0 Å². The Morgan fingerprint density at radius 3 is 2.96 bits per heavy atom. The van der Waals surface area contributed by atoms with Gasteiger partial charge < -0.3 is 9.26 Å². The highest BCUT2D eigenvalue weighted by Gasteiger charge is 2.28. The molecule has 0 amide bonds. The second-order valence-electron chi connectivity index (χ2n) is 6.31. The summed E-state index contributed by atoms with van der Waals surface area (Å²) in [6, 6.07) is 9.97.